The third kappa shape index (κ3) is 3.33. The molecule has 0 aromatic heterocycles. The summed E-state index contributed by atoms with van der Waals surface area (Å²) in [6.45, 7) is 0. The third-order valence-corrected chi connectivity index (χ3v) is 7.43. The molecule has 4 aromatic carbocycles. The maximum atomic E-state index is 13.6. The molecule has 1 aliphatic rings. The van der Waals surface area contributed by atoms with Crippen molar-refractivity contribution in [1.82, 2.24) is 0 Å². The second-order valence-electron chi connectivity index (χ2n) is 7.43. The molecular weight excluding hydrogens is 406 g/mol. The maximum Gasteiger partial charge on any atom is 0.271 e. The Hall–Kier alpha value is -3.70. The van der Waals surface area contributed by atoms with Crippen LogP contribution in [0.3, 0.4) is 0 Å². The number of fused-ring (bicyclic) bond motifs is 1. The molecule has 0 saturated carbocycles. The Morgan fingerprint density at radius 2 is 1.32 bits per heavy atom. The van der Waals surface area contributed by atoms with Crippen LogP contribution in [0.25, 0.3) is 16.8 Å². The number of hydrogen-bond donors (Lipinski definition) is 0. The van der Waals surface area contributed by atoms with E-state index in [0.29, 0.717) is 16.8 Å². The molecular formula is C26H19NO3S. The number of benzene rings is 4. The smallest absolute Gasteiger partial charge is 0.271 e. The highest BCUT2D eigenvalue weighted by atomic mass is 32.2. The number of rotatable bonds is 3. The SMILES string of the molecule is O=C1/C(=C/c2ccc3ccccc3c2)S(=O)(=O)C(c2ccccc2)N1c1ccccc1. The van der Waals surface area contributed by atoms with Crippen LogP contribution in [0, 0.1) is 0 Å². The van der Waals surface area contributed by atoms with Gasteiger partial charge in [0.15, 0.2) is 5.37 Å². The average molecular weight is 426 g/mol. The fourth-order valence-electron chi connectivity index (χ4n) is 3.99. The summed E-state index contributed by atoms with van der Waals surface area (Å²) in [6.07, 6.45) is 1.49. The summed E-state index contributed by atoms with van der Waals surface area (Å²) in [5, 5.41) is 0.938. The molecule has 1 aliphatic heterocycles. The number of carbonyl (C=O) groups is 1. The van der Waals surface area contributed by atoms with Gasteiger partial charge in [-0.25, -0.2) is 8.42 Å². The molecule has 4 aromatic rings. The molecule has 0 radical (unpaired) electrons. The number of hydrogen-bond acceptors (Lipinski definition) is 3. The van der Waals surface area contributed by atoms with Crippen molar-refractivity contribution in [2.75, 3.05) is 4.90 Å². The van der Waals surface area contributed by atoms with E-state index in [9.17, 15) is 13.2 Å². The minimum Gasteiger partial charge on any atom is -0.286 e. The summed E-state index contributed by atoms with van der Waals surface area (Å²) >= 11 is 0. The van der Waals surface area contributed by atoms with Crippen molar-refractivity contribution >= 4 is 38.3 Å². The predicted octanol–water partition coefficient (Wildman–Crippen LogP) is 5.34. The first-order valence-corrected chi connectivity index (χ1v) is 11.5. The lowest BCUT2D eigenvalue weighted by Crippen LogP contribution is -2.28. The number of sulfone groups is 1. The summed E-state index contributed by atoms with van der Waals surface area (Å²) in [7, 11) is -3.94. The van der Waals surface area contributed by atoms with Gasteiger partial charge in [-0.2, -0.15) is 0 Å². The fourth-order valence-corrected chi connectivity index (χ4v) is 5.88. The lowest BCUT2D eigenvalue weighted by Gasteiger charge is -2.23. The Morgan fingerprint density at radius 3 is 2.03 bits per heavy atom. The highest BCUT2D eigenvalue weighted by Gasteiger charge is 2.50. The van der Waals surface area contributed by atoms with Gasteiger partial charge in [-0.3, -0.25) is 9.69 Å². The molecule has 5 heteroatoms. The molecule has 1 amide bonds. The highest BCUT2D eigenvalue weighted by molar-refractivity contribution is 7.97. The van der Waals surface area contributed by atoms with Crippen LogP contribution >= 0.6 is 0 Å². The van der Waals surface area contributed by atoms with Crippen LogP contribution < -0.4 is 4.90 Å². The average Bonchev–Trinajstić information content (AvgIpc) is 3.00. The van der Waals surface area contributed by atoms with Crippen molar-refractivity contribution in [3.63, 3.8) is 0 Å². The number of para-hydroxylation sites is 1. The van der Waals surface area contributed by atoms with Crippen LogP contribution in [-0.2, 0) is 14.6 Å². The largest absolute Gasteiger partial charge is 0.286 e. The molecule has 1 fully saturated rings. The van der Waals surface area contributed by atoms with Crippen LogP contribution in [0.5, 0.6) is 0 Å². The fraction of sp³-hybridized carbons (Fsp3) is 0.0385. The Morgan fingerprint density at radius 1 is 0.710 bits per heavy atom. The van der Waals surface area contributed by atoms with Crippen molar-refractivity contribution in [2.45, 2.75) is 5.37 Å². The van der Waals surface area contributed by atoms with Crippen LogP contribution in [-0.4, -0.2) is 14.3 Å². The summed E-state index contributed by atoms with van der Waals surface area (Å²) in [5.41, 5.74) is 1.78. The molecule has 1 atom stereocenters. The number of nitrogens with zero attached hydrogens (tertiary/aromatic N) is 1. The first-order chi connectivity index (χ1) is 15.1. The second kappa shape index (κ2) is 7.52. The van der Waals surface area contributed by atoms with E-state index in [4.69, 9.17) is 0 Å². The molecule has 0 spiro atoms. The number of amides is 1. The Kier molecular flexibility index (Phi) is 4.68. The zero-order valence-corrected chi connectivity index (χ0v) is 17.4. The van der Waals surface area contributed by atoms with Gasteiger partial charge in [-0.15, -0.1) is 0 Å². The van der Waals surface area contributed by atoms with Gasteiger partial charge in [0.2, 0.25) is 9.84 Å². The quantitative estimate of drug-likeness (QED) is 0.416. The van der Waals surface area contributed by atoms with Crippen LogP contribution in [0.1, 0.15) is 16.5 Å². The van der Waals surface area contributed by atoms with Gasteiger partial charge in [0.05, 0.1) is 0 Å². The van der Waals surface area contributed by atoms with Gasteiger partial charge in [-0.1, -0.05) is 84.9 Å². The van der Waals surface area contributed by atoms with E-state index in [0.717, 1.165) is 10.8 Å². The Bertz CT molecular complexity index is 1410. The van der Waals surface area contributed by atoms with E-state index in [-0.39, 0.29) is 4.91 Å². The van der Waals surface area contributed by atoms with E-state index in [1.807, 2.05) is 54.6 Å². The van der Waals surface area contributed by atoms with Crippen molar-refractivity contribution in [2.24, 2.45) is 0 Å². The molecule has 152 valence electrons. The first kappa shape index (κ1) is 19.3. The van der Waals surface area contributed by atoms with Gasteiger partial charge in [0, 0.05) is 5.69 Å². The van der Waals surface area contributed by atoms with E-state index in [1.165, 1.54) is 11.0 Å². The van der Waals surface area contributed by atoms with Crippen molar-refractivity contribution in [3.8, 4) is 0 Å². The number of carbonyl (C=O) groups excluding carboxylic acids is 1. The Balaban J connectivity index is 1.69. The minimum atomic E-state index is -3.94. The standard InChI is InChI=1S/C26H19NO3S/c28-25-24(18-19-15-16-20-9-7-8-12-22(20)17-19)31(29,30)26(21-10-3-1-4-11-21)27(25)23-13-5-2-6-14-23/h1-18,26H/b24-18-. The van der Waals surface area contributed by atoms with Crippen LogP contribution in [0.4, 0.5) is 5.69 Å². The molecule has 31 heavy (non-hydrogen) atoms. The van der Waals surface area contributed by atoms with Gasteiger partial charge in [0.25, 0.3) is 5.91 Å². The highest BCUT2D eigenvalue weighted by Crippen LogP contribution is 2.43. The van der Waals surface area contributed by atoms with E-state index in [1.54, 1.807) is 48.5 Å². The first-order valence-electron chi connectivity index (χ1n) is 9.94. The molecule has 1 unspecified atom stereocenters. The molecule has 0 bridgehead atoms. The topological polar surface area (TPSA) is 54.5 Å². The molecule has 1 heterocycles. The lowest BCUT2D eigenvalue weighted by atomic mass is 10.1. The third-order valence-electron chi connectivity index (χ3n) is 5.45. The Labute approximate surface area is 181 Å². The van der Waals surface area contributed by atoms with Crippen LogP contribution in [0.2, 0.25) is 0 Å². The lowest BCUT2D eigenvalue weighted by molar-refractivity contribution is -0.114. The van der Waals surface area contributed by atoms with Gasteiger partial charge in [-0.05, 0) is 46.2 Å². The van der Waals surface area contributed by atoms with Crippen LogP contribution in [0.15, 0.2) is 108 Å². The monoisotopic (exact) mass is 425 g/mol. The van der Waals surface area contributed by atoms with Gasteiger partial charge < -0.3 is 0 Å². The maximum absolute atomic E-state index is 13.6. The van der Waals surface area contributed by atoms with Crippen molar-refractivity contribution < 1.29 is 13.2 Å². The normalized spacial score (nSPS) is 19.2. The van der Waals surface area contributed by atoms with E-state index >= 15 is 0 Å². The summed E-state index contributed by atoms with van der Waals surface area (Å²) < 4.78 is 27.2. The zero-order chi connectivity index (χ0) is 21.4. The minimum absolute atomic E-state index is 0.194. The summed E-state index contributed by atoms with van der Waals surface area (Å²) in [4.78, 5) is 14.6. The predicted molar refractivity (Wildman–Crippen MR) is 124 cm³/mol. The molecule has 0 N–H and O–H groups in total. The molecule has 4 nitrogen and oxygen atoms in total. The number of anilines is 1. The molecule has 1 saturated heterocycles. The van der Waals surface area contributed by atoms with Crippen molar-refractivity contribution in [3.05, 3.63) is 119 Å². The van der Waals surface area contributed by atoms with Gasteiger partial charge >= 0.3 is 0 Å². The van der Waals surface area contributed by atoms with Crippen molar-refractivity contribution in [1.29, 1.82) is 0 Å². The molecule has 0 aliphatic carbocycles. The zero-order valence-electron chi connectivity index (χ0n) is 16.5. The summed E-state index contributed by atoms with van der Waals surface area (Å²) in [5.74, 6) is -0.520. The van der Waals surface area contributed by atoms with E-state index < -0.39 is 21.1 Å². The second-order valence-corrected chi connectivity index (χ2v) is 9.41. The van der Waals surface area contributed by atoms with Gasteiger partial charge in [0.1, 0.15) is 4.91 Å². The molecule has 5 rings (SSSR count). The van der Waals surface area contributed by atoms with E-state index in [2.05, 4.69) is 0 Å². The summed E-state index contributed by atoms with van der Waals surface area (Å²) in [6, 6.07) is 31.3.